The SMILES string of the molecule is Cc1ccc(Cl)cc1N([C@@H](C)C(=O)N[C@@H](CC(C)C)c1ccccc1)S(C)(=O)=O. The van der Waals surface area contributed by atoms with Crippen LogP contribution in [0.4, 0.5) is 5.69 Å². The molecule has 0 heterocycles. The van der Waals surface area contributed by atoms with Crippen LogP contribution in [-0.4, -0.2) is 26.6 Å². The van der Waals surface area contributed by atoms with Crippen molar-refractivity contribution in [3.63, 3.8) is 0 Å². The first-order valence-electron chi connectivity index (χ1n) is 9.61. The molecular weight excluding hydrogens is 408 g/mol. The highest BCUT2D eigenvalue weighted by Gasteiger charge is 2.31. The summed E-state index contributed by atoms with van der Waals surface area (Å²) in [6.45, 7) is 7.56. The van der Waals surface area contributed by atoms with E-state index >= 15 is 0 Å². The summed E-state index contributed by atoms with van der Waals surface area (Å²) in [4.78, 5) is 13.1. The Labute approximate surface area is 179 Å². The van der Waals surface area contributed by atoms with Gasteiger partial charge in [0.25, 0.3) is 0 Å². The third-order valence-electron chi connectivity index (χ3n) is 4.72. The minimum atomic E-state index is -3.71. The lowest BCUT2D eigenvalue weighted by atomic mass is 9.96. The number of halogens is 1. The van der Waals surface area contributed by atoms with E-state index in [-0.39, 0.29) is 11.9 Å². The third-order valence-corrected chi connectivity index (χ3v) is 6.19. The fourth-order valence-corrected chi connectivity index (χ4v) is 4.72. The molecule has 0 aromatic heterocycles. The molecule has 0 fully saturated rings. The molecule has 0 radical (unpaired) electrons. The van der Waals surface area contributed by atoms with Crippen LogP contribution in [0.3, 0.4) is 0 Å². The van der Waals surface area contributed by atoms with Crippen LogP contribution < -0.4 is 9.62 Å². The van der Waals surface area contributed by atoms with Gasteiger partial charge in [0.1, 0.15) is 6.04 Å². The van der Waals surface area contributed by atoms with E-state index in [1.807, 2.05) is 30.3 Å². The van der Waals surface area contributed by atoms with Gasteiger partial charge in [-0.3, -0.25) is 9.10 Å². The van der Waals surface area contributed by atoms with Crippen LogP contribution in [-0.2, 0) is 14.8 Å². The number of hydrogen-bond acceptors (Lipinski definition) is 3. The molecule has 29 heavy (non-hydrogen) atoms. The predicted octanol–water partition coefficient (Wildman–Crippen LogP) is 4.71. The van der Waals surface area contributed by atoms with Gasteiger partial charge in [0.2, 0.25) is 15.9 Å². The summed E-state index contributed by atoms with van der Waals surface area (Å²) >= 11 is 6.09. The fraction of sp³-hybridized carbons (Fsp3) is 0.409. The quantitative estimate of drug-likeness (QED) is 0.651. The van der Waals surface area contributed by atoms with Crippen LogP contribution in [0.15, 0.2) is 48.5 Å². The number of anilines is 1. The van der Waals surface area contributed by atoms with Crippen molar-refractivity contribution in [3.05, 3.63) is 64.7 Å². The summed E-state index contributed by atoms with van der Waals surface area (Å²) in [5.41, 5.74) is 2.12. The van der Waals surface area contributed by atoms with Crippen molar-refractivity contribution >= 4 is 33.2 Å². The molecule has 0 aliphatic carbocycles. The molecule has 0 aliphatic rings. The van der Waals surface area contributed by atoms with E-state index in [1.165, 1.54) is 0 Å². The summed E-state index contributed by atoms with van der Waals surface area (Å²) < 4.78 is 26.3. The number of hydrogen-bond donors (Lipinski definition) is 1. The van der Waals surface area contributed by atoms with Crippen LogP contribution in [0.25, 0.3) is 0 Å². The van der Waals surface area contributed by atoms with E-state index in [0.717, 1.165) is 28.1 Å². The van der Waals surface area contributed by atoms with Crippen molar-refractivity contribution in [2.45, 2.75) is 46.2 Å². The van der Waals surface area contributed by atoms with Gasteiger partial charge in [-0.05, 0) is 49.4 Å². The number of carbonyl (C=O) groups excluding carboxylic acids is 1. The van der Waals surface area contributed by atoms with Gasteiger partial charge >= 0.3 is 0 Å². The minimum absolute atomic E-state index is 0.201. The maximum atomic E-state index is 13.1. The first kappa shape index (κ1) is 23.2. The summed E-state index contributed by atoms with van der Waals surface area (Å²) in [5.74, 6) is 0.00120. The maximum absolute atomic E-state index is 13.1. The molecule has 0 spiro atoms. The van der Waals surface area contributed by atoms with Gasteiger partial charge in [0.15, 0.2) is 0 Å². The Kier molecular flexibility index (Phi) is 7.72. The maximum Gasteiger partial charge on any atom is 0.244 e. The summed E-state index contributed by atoms with van der Waals surface area (Å²) in [6, 6.07) is 13.6. The average Bonchev–Trinajstić information content (AvgIpc) is 2.63. The first-order valence-corrected chi connectivity index (χ1v) is 11.8. The Morgan fingerprint density at radius 1 is 1.10 bits per heavy atom. The van der Waals surface area contributed by atoms with Crippen LogP contribution in [0.1, 0.15) is 44.4 Å². The van der Waals surface area contributed by atoms with Crippen LogP contribution in [0, 0.1) is 12.8 Å². The predicted molar refractivity (Wildman–Crippen MR) is 120 cm³/mol. The zero-order chi connectivity index (χ0) is 21.8. The lowest BCUT2D eigenvalue weighted by Gasteiger charge is -2.31. The highest BCUT2D eigenvalue weighted by molar-refractivity contribution is 7.92. The summed E-state index contributed by atoms with van der Waals surface area (Å²) in [6.07, 6.45) is 1.84. The Balaban J connectivity index is 2.36. The molecule has 0 unspecified atom stereocenters. The van der Waals surface area contributed by atoms with Crippen LogP contribution >= 0.6 is 11.6 Å². The molecule has 158 valence electrons. The Morgan fingerprint density at radius 2 is 1.72 bits per heavy atom. The molecule has 2 aromatic rings. The Morgan fingerprint density at radius 3 is 2.28 bits per heavy atom. The van der Waals surface area contributed by atoms with Gasteiger partial charge in [0.05, 0.1) is 18.0 Å². The largest absolute Gasteiger partial charge is 0.347 e. The van der Waals surface area contributed by atoms with Crippen molar-refractivity contribution in [3.8, 4) is 0 Å². The topological polar surface area (TPSA) is 66.5 Å². The lowest BCUT2D eigenvalue weighted by molar-refractivity contribution is -0.122. The lowest BCUT2D eigenvalue weighted by Crippen LogP contribution is -2.49. The standard InChI is InChI=1S/C22H29ClN2O3S/c1-15(2)13-20(18-9-7-6-8-10-18)24-22(26)17(4)25(29(5,27)28)21-14-19(23)12-11-16(21)3/h6-12,14-15,17,20H,13H2,1-5H3,(H,24,26)/t17-,20-/m0/s1. The fourth-order valence-electron chi connectivity index (χ4n) is 3.33. The molecular formula is C22H29ClN2O3S. The smallest absolute Gasteiger partial charge is 0.244 e. The average molecular weight is 437 g/mol. The second kappa shape index (κ2) is 9.63. The molecule has 2 atom stereocenters. The molecule has 7 heteroatoms. The molecule has 1 N–H and O–H groups in total. The second-order valence-electron chi connectivity index (χ2n) is 7.77. The van der Waals surface area contributed by atoms with Crippen molar-refractivity contribution in [1.82, 2.24) is 5.32 Å². The zero-order valence-electron chi connectivity index (χ0n) is 17.5. The minimum Gasteiger partial charge on any atom is -0.347 e. The Hall–Kier alpha value is -2.05. The summed E-state index contributed by atoms with van der Waals surface area (Å²) in [7, 11) is -3.71. The Bertz CT molecular complexity index is 946. The number of sulfonamides is 1. The number of nitrogens with one attached hydrogen (secondary N) is 1. The molecule has 2 aromatic carbocycles. The van der Waals surface area contributed by atoms with Crippen molar-refractivity contribution in [1.29, 1.82) is 0 Å². The monoisotopic (exact) mass is 436 g/mol. The molecule has 0 saturated heterocycles. The van der Waals surface area contributed by atoms with E-state index in [9.17, 15) is 13.2 Å². The van der Waals surface area contributed by atoms with E-state index in [2.05, 4.69) is 19.2 Å². The number of rotatable bonds is 8. The van der Waals surface area contributed by atoms with E-state index < -0.39 is 16.1 Å². The molecule has 1 amide bonds. The third kappa shape index (κ3) is 6.21. The van der Waals surface area contributed by atoms with E-state index in [1.54, 1.807) is 32.0 Å². The van der Waals surface area contributed by atoms with Crippen molar-refractivity contribution in [2.75, 3.05) is 10.6 Å². The van der Waals surface area contributed by atoms with Gasteiger partial charge in [-0.1, -0.05) is 61.8 Å². The highest BCUT2D eigenvalue weighted by Crippen LogP contribution is 2.29. The number of amides is 1. The van der Waals surface area contributed by atoms with Gasteiger partial charge in [-0.25, -0.2) is 8.42 Å². The zero-order valence-corrected chi connectivity index (χ0v) is 19.1. The van der Waals surface area contributed by atoms with Crippen molar-refractivity contribution in [2.24, 2.45) is 5.92 Å². The molecule has 0 bridgehead atoms. The van der Waals surface area contributed by atoms with Gasteiger partial charge < -0.3 is 5.32 Å². The van der Waals surface area contributed by atoms with Gasteiger partial charge in [-0.15, -0.1) is 0 Å². The first-order chi connectivity index (χ1) is 13.5. The van der Waals surface area contributed by atoms with Crippen molar-refractivity contribution < 1.29 is 13.2 Å². The second-order valence-corrected chi connectivity index (χ2v) is 10.1. The normalized spacial score (nSPS) is 13.8. The number of aryl methyl sites for hydroxylation is 1. The highest BCUT2D eigenvalue weighted by atomic mass is 35.5. The number of nitrogens with zero attached hydrogens (tertiary/aromatic N) is 1. The van der Waals surface area contributed by atoms with Gasteiger partial charge in [-0.2, -0.15) is 0 Å². The van der Waals surface area contributed by atoms with Gasteiger partial charge in [0, 0.05) is 5.02 Å². The van der Waals surface area contributed by atoms with E-state index in [0.29, 0.717) is 16.6 Å². The van der Waals surface area contributed by atoms with E-state index in [4.69, 9.17) is 11.6 Å². The molecule has 0 saturated carbocycles. The molecule has 0 aliphatic heterocycles. The molecule has 5 nitrogen and oxygen atoms in total. The number of benzene rings is 2. The summed E-state index contributed by atoms with van der Waals surface area (Å²) in [5, 5.41) is 3.45. The molecule has 2 rings (SSSR count). The van der Waals surface area contributed by atoms with Crippen LogP contribution in [0.2, 0.25) is 5.02 Å². The van der Waals surface area contributed by atoms with Crippen LogP contribution in [0.5, 0.6) is 0 Å². The number of carbonyl (C=O) groups is 1.